The fourth-order valence-electron chi connectivity index (χ4n) is 3.37. The van der Waals surface area contributed by atoms with Gasteiger partial charge in [0.2, 0.25) is 11.8 Å². The summed E-state index contributed by atoms with van der Waals surface area (Å²) < 4.78 is 11.2. The van der Waals surface area contributed by atoms with E-state index in [9.17, 15) is 0 Å². The van der Waals surface area contributed by atoms with Crippen molar-refractivity contribution in [3.05, 3.63) is 60.0 Å². The molecule has 1 fully saturated rings. The summed E-state index contributed by atoms with van der Waals surface area (Å²) in [7, 11) is 1.70. The Morgan fingerprint density at radius 2 is 1.81 bits per heavy atom. The molecule has 1 saturated heterocycles. The van der Waals surface area contributed by atoms with Gasteiger partial charge in [-0.2, -0.15) is 0 Å². The summed E-state index contributed by atoms with van der Waals surface area (Å²) in [6, 6.07) is 16.3. The summed E-state index contributed by atoms with van der Waals surface area (Å²) in [5.74, 6) is 2.15. The molecule has 4 rings (SSSR count). The molecular weight excluding hydrogens is 340 g/mol. The molecule has 1 aliphatic rings. The van der Waals surface area contributed by atoms with Crippen molar-refractivity contribution in [3.63, 3.8) is 0 Å². The van der Waals surface area contributed by atoms with E-state index in [1.807, 2.05) is 24.3 Å². The molecule has 0 spiro atoms. The highest BCUT2D eigenvalue weighted by Crippen LogP contribution is 2.23. The van der Waals surface area contributed by atoms with Gasteiger partial charge in [-0.15, -0.1) is 10.2 Å². The number of nitrogens with zero attached hydrogens (tertiary/aromatic N) is 4. The molecule has 0 saturated carbocycles. The van der Waals surface area contributed by atoms with Gasteiger partial charge in [-0.05, 0) is 31.2 Å². The van der Waals surface area contributed by atoms with Crippen molar-refractivity contribution in [2.75, 3.05) is 38.2 Å². The SMILES string of the molecule is COc1cccc(N2CCN(Cc3nnc(-c4cccc(C)c4)o3)CC2)c1. The third kappa shape index (κ3) is 4.11. The summed E-state index contributed by atoms with van der Waals surface area (Å²) in [6.07, 6.45) is 0. The lowest BCUT2D eigenvalue weighted by atomic mass is 10.1. The van der Waals surface area contributed by atoms with E-state index in [0.717, 1.165) is 37.5 Å². The molecular formula is C21H24N4O2. The van der Waals surface area contributed by atoms with E-state index in [2.05, 4.69) is 51.2 Å². The van der Waals surface area contributed by atoms with Gasteiger partial charge < -0.3 is 14.1 Å². The Hall–Kier alpha value is -2.86. The smallest absolute Gasteiger partial charge is 0.247 e. The third-order valence-electron chi connectivity index (χ3n) is 4.88. The fourth-order valence-corrected chi connectivity index (χ4v) is 3.37. The topological polar surface area (TPSA) is 54.6 Å². The highest BCUT2D eigenvalue weighted by atomic mass is 16.5. The first-order chi connectivity index (χ1) is 13.2. The second-order valence-corrected chi connectivity index (χ2v) is 6.84. The van der Waals surface area contributed by atoms with E-state index in [0.29, 0.717) is 18.3 Å². The highest BCUT2D eigenvalue weighted by Gasteiger charge is 2.20. The predicted octanol–water partition coefficient (Wildman–Crippen LogP) is 3.38. The Labute approximate surface area is 159 Å². The van der Waals surface area contributed by atoms with Crippen molar-refractivity contribution >= 4 is 5.69 Å². The van der Waals surface area contributed by atoms with E-state index < -0.39 is 0 Å². The van der Waals surface area contributed by atoms with Gasteiger partial charge in [0.25, 0.3) is 0 Å². The van der Waals surface area contributed by atoms with Crippen LogP contribution < -0.4 is 9.64 Å². The number of anilines is 1. The van der Waals surface area contributed by atoms with E-state index in [1.165, 1.54) is 11.3 Å². The Bertz CT molecular complexity index is 900. The van der Waals surface area contributed by atoms with Crippen molar-refractivity contribution in [2.45, 2.75) is 13.5 Å². The van der Waals surface area contributed by atoms with Gasteiger partial charge in [0.15, 0.2) is 0 Å². The normalized spacial score (nSPS) is 15.1. The average Bonchev–Trinajstić information content (AvgIpc) is 3.17. The van der Waals surface area contributed by atoms with Gasteiger partial charge in [-0.1, -0.05) is 23.8 Å². The minimum absolute atomic E-state index is 0.587. The summed E-state index contributed by atoms with van der Waals surface area (Å²) in [6.45, 7) is 6.59. The van der Waals surface area contributed by atoms with E-state index in [1.54, 1.807) is 7.11 Å². The minimum atomic E-state index is 0.587. The van der Waals surface area contributed by atoms with Gasteiger partial charge in [0.05, 0.1) is 13.7 Å². The van der Waals surface area contributed by atoms with Crippen LogP contribution in [0.5, 0.6) is 5.75 Å². The van der Waals surface area contributed by atoms with Gasteiger partial charge in [0, 0.05) is 43.5 Å². The van der Waals surface area contributed by atoms with Crippen LogP contribution >= 0.6 is 0 Å². The van der Waals surface area contributed by atoms with Crippen molar-refractivity contribution < 1.29 is 9.15 Å². The highest BCUT2D eigenvalue weighted by molar-refractivity contribution is 5.53. The lowest BCUT2D eigenvalue weighted by Crippen LogP contribution is -2.46. The summed E-state index contributed by atoms with van der Waals surface area (Å²) in [5.41, 5.74) is 3.35. The van der Waals surface area contributed by atoms with Crippen molar-refractivity contribution in [1.82, 2.24) is 15.1 Å². The largest absolute Gasteiger partial charge is 0.497 e. The Kier molecular flexibility index (Phi) is 5.07. The van der Waals surface area contributed by atoms with Crippen LogP contribution in [0, 0.1) is 6.92 Å². The molecule has 140 valence electrons. The molecule has 2 aromatic carbocycles. The molecule has 1 aliphatic heterocycles. The predicted molar refractivity (Wildman–Crippen MR) is 105 cm³/mol. The molecule has 0 unspecified atom stereocenters. The molecule has 0 radical (unpaired) electrons. The first-order valence-corrected chi connectivity index (χ1v) is 9.22. The van der Waals surface area contributed by atoms with Crippen LogP contribution in [-0.4, -0.2) is 48.4 Å². The maximum atomic E-state index is 5.88. The third-order valence-corrected chi connectivity index (χ3v) is 4.88. The number of aryl methyl sites for hydroxylation is 1. The molecule has 0 atom stereocenters. The fraction of sp³-hybridized carbons (Fsp3) is 0.333. The second kappa shape index (κ2) is 7.80. The van der Waals surface area contributed by atoms with Crippen LogP contribution in [0.15, 0.2) is 52.9 Å². The van der Waals surface area contributed by atoms with Crippen molar-refractivity contribution in [1.29, 1.82) is 0 Å². The van der Waals surface area contributed by atoms with Gasteiger partial charge in [0.1, 0.15) is 5.75 Å². The monoisotopic (exact) mass is 364 g/mol. The number of hydrogen-bond acceptors (Lipinski definition) is 6. The number of ether oxygens (including phenoxy) is 1. The lowest BCUT2D eigenvalue weighted by molar-refractivity contribution is 0.227. The Balaban J connectivity index is 1.35. The number of benzene rings is 2. The maximum Gasteiger partial charge on any atom is 0.247 e. The molecule has 0 N–H and O–H groups in total. The molecule has 0 bridgehead atoms. The Morgan fingerprint density at radius 3 is 2.59 bits per heavy atom. The summed E-state index contributed by atoms with van der Waals surface area (Å²) in [5, 5.41) is 8.43. The zero-order chi connectivity index (χ0) is 18.6. The number of rotatable bonds is 5. The van der Waals surface area contributed by atoms with Gasteiger partial charge in [-0.3, -0.25) is 4.90 Å². The quantitative estimate of drug-likeness (QED) is 0.692. The van der Waals surface area contributed by atoms with Crippen LogP contribution in [-0.2, 0) is 6.54 Å². The first-order valence-electron chi connectivity index (χ1n) is 9.22. The molecule has 6 nitrogen and oxygen atoms in total. The molecule has 6 heteroatoms. The van der Waals surface area contributed by atoms with Crippen molar-refractivity contribution in [2.24, 2.45) is 0 Å². The maximum absolute atomic E-state index is 5.88. The van der Waals surface area contributed by atoms with E-state index in [4.69, 9.17) is 9.15 Å². The van der Waals surface area contributed by atoms with E-state index >= 15 is 0 Å². The number of methoxy groups -OCH3 is 1. The van der Waals surface area contributed by atoms with Gasteiger partial charge in [-0.25, -0.2) is 0 Å². The van der Waals surface area contributed by atoms with Crippen LogP contribution in [0.25, 0.3) is 11.5 Å². The molecule has 1 aromatic heterocycles. The van der Waals surface area contributed by atoms with E-state index in [-0.39, 0.29) is 0 Å². The molecule has 27 heavy (non-hydrogen) atoms. The average molecular weight is 364 g/mol. The standard InChI is InChI=1S/C21H24N4O2/c1-16-5-3-6-17(13-16)21-23-22-20(27-21)15-24-9-11-25(12-10-24)18-7-4-8-19(14-18)26-2/h3-8,13-14H,9-12,15H2,1-2H3. The van der Waals surface area contributed by atoms with Crippen molar-refractivity contribution in [3.8, 4) is 17.2 Å². The summed E-state index contributed by atoms with van der Waals surface area (Å²) >= 11 is 0. The number of piperazine rings is 1. The second-order valence-electron chi connectivity index (χ2n) is 6.84. The lowest BCUT2D eigenvalue weighted by Gasteiger charge is -2.35. The zero-order valence-corrected chi connectivity index (χ0v) is 15.8. The van der Waals surface area contributed by atoms with Crippen LogP contribution in [0.1, 0.15) is 11.5 Å². The minimum Gasteiger partial charge on any atom is -0.497 e. The Morgan fingerprint density at radius 1 is 1.00 bits per heavy atom. The molecule has 3 aromatic rings. The van der Waals surface area contributed by atoms with Crippen LogP contribution in [0.2, 0.25) is 0 Å². The number of aromatic nitrogens is 2. The van der Waals surface area contributed by atoms with Crippen LogP contribution in [0.4, 0.5) is 5.69 Å². The number of hydrogen-bond donors (Lipinski definition) is 0. The van der Waals surface area contributed by atoms with Crippen LogP contribution in [0.3, 0.4) is 0 Å². The first kappa shape index (κ1) is 17.5. The zero-order valence-electron chi connectivity index (χ0n) is 15.8. The molecule has 0 amide bonds. The summed E-state index contributed by atoms with van der Waals surface area (Å²) in [4.78, 5) is 4.73. The molecule has 0 aliphatic carbocycles. The molecule has 2 heterocycles. The van der Waals surface area contributed by atoms with Gasteiger partial charge >= 0.3 is 0 Å².